The molecule has 2 N–H and O–H groups in total. The Morgan fingerprint density at radius 2 is 1.90 bits per heavy atom. The molecule has 150 valence electrons. The first-order valence-electron chi connectivity index (χ1n) is 9.44. The second-order valence-corrected chi connectivity index (χ2v) is 6.90. The predicted molar refractivity (Wildman–Crippen MR) is 118 cm³/mol. The minimum atomic E-state index is -0.329. The second kappa shape index (κ2) is 11.4. The van der Waals surface area contributed by atoms with Crippen molar-refractivity contribution >= 4 is 12.0 Å². The molecule has 0 aliphatic heterocycles. The Balaban J connectivity index is 2.03. The third-order valence-corrected chi connectivity index (χ3v) is 4.26. The van der Waals surface area contributed by atoms with Crippen molar-refractivity contribution in [1.29, 1.82) is 0 Å². The van der Waals surface area contributed by atoms with Crippen LogP contribution >= 0.6 is 0 Å². The quantitative estimate of drug-likeness (QED) is 0.366. The zero-order chi connectivity index (χ0) is 21.0. The van der Waals surface area contributed by atoms with Gasteiger partial charge in [0.1, 0.15) is 5.75 Å². The van der Waals surface area contributed by atoms with E-state index in [-0.39, 0.29) is 16.9 Å². The van der Waals surface area contributed by atoms with Gasteiger partial charge in [0.2, 0.25) is 0 Å². The van der Waals surface area contributed by atoms with Gasteiger partial charge in [0.05, 0.1) is 6.54 Å². The highest BCUT2D eigenvalue weighted by molar-refractivity contribution is 5.87. The Bertz CT molecular complexity index is 901. The van der Waals surface area contributed by atoms with Crippen molar-refractivity contribution in [3.05, 3.63) is 96.5 Å². The zero-order valence-electron chi connectivity index (χ0n) is 16.8. The third kappa shape index (κ3) is 7.58. The van der Waals surface area contributed by atoms with E-state index in [2.05, 4.69) is 22.2 Å². The molecule has 0 fully saturated rings. The van der Waals surface area contributed by atoms with Crippen LogP contribution in [0.15, 0.2) is 90.2 Å². The Labute approximate surface area is 172 Å². The van der Waals surface area contributed by atoms with E-state index in [9.17, 15) is 9.90 Å². The Hall–Kier alpha value is -3.47. The van der Waals surface area contributed by atoms with E-state index < -0.39 is 0 Å². The summed E-state index contributed by atoms with van der Waals surface area (Å²) in [6, 6.07) is 13.0. The SMILES string of the molecule is CC(=O)C=CC=CC=CNC[C@](C)(CN=Cc1ccccc1O)c1ccccn1. The highest BCUT2D eigenvalue weighted by Crippen LogP contribution is 2.22. The Morgan fingerprint density at radius 1 is 1.14 bits per heavy atom. The minimum absolute atomic E-state index is 0.0206. The maximum absolute atomic E-state index is 10.8. The van der Waals surface area contributed by atoms with Crippen LogP contribution in [0.4, 0.5) is 0 Å². The molecule has 0 amide bonds. The molecule has 1 aromatic carbocycles. The molecule has 0 aliphatic rings. The molecule has 5 nitrogen and oxygen atoms in total. The monoisotopic (exact) mass is 389 g/mol. The number of carbonyl (C=O) groups excluding carboxylic acids is 1. The number of phenols is 1. The predicted octanol–water partition coefficient (Wildman–Crippen LogP) is 3.97. The van der Waals surface area contributed by atoms with Crippen LogP contribution in [0.2, 0.25) is 0 Å². The number of benzene rings is 1. The van der Waals surface area contributed by atoms with Crippen molar-refractivity contribution in [3.8, 4) is 5.75 Å². The van der Waals surface area contributed by atoms with Crippen LogP contribution in [-0.4, -0.2) is 35.2 Å². The molecule has 0 saturated heterocycles. The van der Waals surface area contributed by atoms with Crippen molar-refractivity contribution in [2.45, 2.75) is 19.3 Å². The van der Waals surface area contributed by atoms with Crippen LogP contribution in [0, 0.1) is 0 Å². The minimum Gasteiger partial charge on any atom is -0.507 e. The van der Waals surface area contributed by atoms with E-state index >= 15 is 0 Å². The van der Waals surface area contributed by atoms with Crippen molar-refractivity contribution in [1.82, 2.24) is 10.3 Å². The molecule has 0 spiro atoms. The molecule has 1 atom stereocenters. The molecule has 2 rings (SSSR count). The highest BCUT2D eigenvalue weighted by atomic mass is 16.3. The highest BCUT2D eigenvalue weighted by Gasteiger charge is 2.27. The van der Waals surface area contributed by atoms with Gasteiger partial charge in [-0.05, 0) is 49.5 Å². The van der Waals surface area contributed by atoms with Gasteiger partial charge in [-0.1, -0.05) is 43.4 Å². The number of aromatic hydroxyl groups is 1. The number of ketones is 1. The third-order valence-electron chi connectivity index (χ3n) is 4.26. The van der Waals surface area contributed by atoms with Gasteiger partial charge in [0, 0.05) is 35.6 Å². The summed E-state index contributed by atoms with van der Waals surface area (Å²) in [6.07, 6.45) is 14.1. The maximum atomic E-state index is 10.8. The van der Waals surface area contributed by atoms with Crippen molar-refractivity contribution in [3.63, 3.8) is 0 Å². The molecule has 0 aliphatic carbocycles. The summed E-state index contributed by atoms with van der Waals surface area (Å²) in [7, 11) is 0. The first-order chi connectivity index (χ1) is 14.0. The molecule has 0 bridgehead atoms. The summed E-state index contributed by atoms with van der Waals surface area (Å²) in [5.74, 6) is 0.231. The number of nitrogens with one attached hydrogen (secondary N) is 1. The number of para-hydroxylation sites is 1. The number of allylic oxidation sites excluding steroid dienone is 5. The van der Waals surface area contributed by atoms with Gasteiger partial charge in [-0.2, -0.15) is 0 Å². The standard InChI is InChI=1S/C24H27N3O2/c1-20(28)11-5-3-4-9-15-25-18-24(2,23-14-8-10-16-27-23)19-26-17-21-12-6-7-13-22(21)29/h3-17,25,29H,18-19H2,1-2H3/t24-/m1/s1. The Kier molecular flexibility index (Phi) is 8.57. The van der Waals surface area contributed by atoms with Gasteiger partial charge < -0.3 is 10.4 Å². The number of nitrogens with zero attached hydrogens (tertiary/aromatic N) is 2. The number of rotatable bonds is 10. The molecule has 29 heavy (non-hydrogen) atoms. The van der Waals surface area contributed by atoms with Gasteiger partial charge in [0.15, 0.2) is 5.78 Å². The number of phenolic OH excluding ortho intramolecular Hbond substituents is 1. The number of pyridine rings is 1. The smallest absolute Gasteiger partial charge is 0.152 e. The van der Waals surface area contributed by atoms with Crippen LogP contribution < -0.4 is 5.32 Å². The molecular formula is C24H27N3O2. The van der Waals surface area contributed by atoms with E-state index in [0.29, 0.717) is 18.7 Å². The summed E-state index contributed by atoms with van der Waals surface area (Å²) < 4.78 is 0. The maximum Gasteiger partial charge on any atom is 0.152 e. The van der Waals surface area contributed by atoms with Crippen molar-refractivity contribution in [2.75, 3.05) is 13.1 Å². The summed E-state index contributed by atoms with van der Waals surface area (Å²) in [5.41, 5.74) is 1.30. The van der Waals surface area contributed by atoms with Crippen LogP contribution in [0.3, 0.4) is 0 Å². The molecule has 0 radical (unpaired) electrons. The average molecular weight is 389 g/mol. The van der Waals surface area contributed by atoms with Crippen LogP contribution in [0.25, 0.3) is 0 Å². The topological polar surface area (TPSA) is 74.6 Å². The first-order valence-corrected chi connectivity index (χ1v) is 9.44. The molecule has 1 aromatic heterocycles. The van der Waals surface area contributed by atoms with Gasteiger partial charge >= 0.3 is 0 Å². The van der Waals surface area contributed by atoms with Crippen LogP contribution in [0.1, 0.15) is 25.1 Å². The molecule has 5 heteroatoms. The lowest BCUT2D eigenvalue weighted by molar-refractivity contribution is -0.112. The lowest BCUT2D eigenvalue weighted by Crippen LogP contribution is -2.37. The first kappa shape index (κ1) is 21.8. The fourth-order valence-corrected chi connectivity index (χ4v) is 2.62. The van der Waals surface area contributed by atoms with Crippen molar-refractivity contribution < 1.29 is 9.90 Å². The summed E-state index contributed by atoms with van der Waals surface area (Å²) in [5, 5.41) is 13.2. The largest absolute Gasteiger partial charge is 0.507 e. The molecule has 0 saturated carbocycles. The van der Waals surface area contributed by atoms with Crippen molar-refractivity contribution in [2.24, 2.45) is 4.99 Å². The molecule has 2 aromatic rings. The molecule has 0 unspecified atom stereocenters. The summed E-state index contributed by atoms with van der Waals surface area (Å²) in [4.78, 5) is 19.9. The number of aliphatic imine (C=N–C) groups is 1. The molecular weight excluding hydrogens is 362 g/mol. The van der Waals surface area contributed by atoms with Gasteiger partial charge in [-0.25, -0.2) is 0 Å². The molecule has 1 heterocycles. The fraction of sp³-hybridized carbons (Fsp3) is 0.208. The summed E-state index contributed by atoms with van der Waals surface area (Å²) >= 11 is 0. The van der Waals surface area contributed by atoms with Crippen LogP contribution in [0.5, 0.6) is 5.75 Å². The number of hydrogen-bond acceptors (Lipinski definition) is 5. The van der Waals surface area contributed by atoms with Gasteiger partial charge in [0.25, 0.3) is 0 Å². The van der Waals surface area contributed by atoms with E-state index in [1.807, 2.05) is 48.7 Å². The Morgan fingerprint density at radius 3 is 2.62 bits per heavy atom. The van der Waals surface area contributed by atoms with Gasteiger partial charge in [-0.3, -0.25) is 14.8 Å². The lowest BCUT2D eigenvalue weighted by atomic mass is 9.86. The van der Waals surface area contributed by atoms with E-state index in [4.69, 9.17) is 0 Å². The average Bonchev–Trinajstić information content (AvgIpc) is 2.72. The second-order valence-electron chi connectivity index (χ2n) is 6.90. The van der Waals surface area contributed by atoms with Crippen LogP contribution in [-0.2, 0) is 10.2 Å². The fourth-order valence-electron chi connectivity index (χ4n) is 2.62. The number of hydrogen-bond donors (Lipinski definition) is 2. The number of carbonyl (C=O) groups is 1. The normalized spacial score (nSPS) is 14.1. The number of aromatic nitrogens is 1. The van der Waals surface area contributed by atoms with E-state index in [1.165, 1.54) is 13.0 Å². The zero-order valence-corrected chi connectivity index (χ0v) is 16.8. The van der Waals surface area contributed by atoms with Gasteiger partial charge in [-0.15, -0.1) is 0 Å². The summed E-state index contributed by atoms with van der Waals surface area (Å²) in [6.45, 7) is 4.76. The lowest BCUT2D eigenvalue weighted by Gasteiger charge is -2.27. The van der Waals surface area contributed by atoms with E-state index in [0.717, 1.165) is 5.69 Å². The van der Waals surface area contributed by atoms with E-state index in [1.54, 1.807) is 36.7 Å².